The van der Waals surface area contributed by atoms with Crippen LogP contribution >= 0.6 is 0 Å². The second kappa shape index (κ2) is 8.51. The summed E-state index contributed by atoms with van der Waals surface area (Å²) in [5, 5.41) is 2.99. The van der Waals surface area contributed by atoms with E-state index >= 15 is 0 Å². The number of urea groups is 1. The molecule has 0 radical (unpaired) electrons. The normalized spacial score (nSPS) is 16.4. The number of rotatable bonds is 6. The van der Waals surface area contributed by atoms with Gasteiger partial charge in [-0.1, -0.05) is 12.1 Å². The van der Waals surface area contributed by atoms with E-state index in [2.05, 4.69) is 15.3 Å². The minimum Gasteiger partial charge on any atom is -0.493 e. The van der Waals surface area contributed by atoms with Gasteiger partial charge in [0.25, 0.3) is 0 Å². The molecule has 0 bridgehead atoms. The molecule has 3 rings (SSSR count). The first-order valence-electron chi connectivity index (χ1n) is 8.71. The molecule has 2 heterocycles. The molecule has 1 atom stereocenters. The Morgan fingerprint density at radius 1 is 1.31 bits per heavy atom. The van der Waals surface area contributed by atoms with Gasteiger partial charge in [-0.3, -0.25) is 9.97 Å². The third-order valence-electron chi connectivity index (χ3n) is 4.63. The zero-order valence-corrected chi connectivity index (χ0v) is 15.1. The number of likely N-dealkylation sites (tertiary alicyclic amines) is 1. The van der Waals surface area contributed by atoms with Crippen LogP contribution in [0.25, 0.3) is 0 Å². The van der Waals surface area contributed by atoms with Gasteiger partial charge in [0.05, 0.1) is 19.9 Å². The molecule has 0 spiro atoms. The number of aromatic nitrogens is 2. The quantitative estimate of drug-likeness (QED) is 0.859. The molecule has 0 aliphatic carbocycles. The Bertz CT molecular complexity index is 739. The summed E-state index contributed by atoms with van der Waals surface area (Å²) >= 11 is 0. The van der Waals surface area contributed by atoms with Crippen molar-refractivity contribution in [1.82, 2.24) is 20.2 Å². The molecule has 2 amide bonds. The molecule has 1 aliphatic rings. The molecule has 1 aliphatic heterocycles. The topological polar surface area (TPSA) is 76.6 Å². The highest BCUT2D eigenvalue weighted by Crippen LogP contribution is 2.30. The van der Waals surface area contributed by atoms with Crippen LogP contribution in [-0.4, -0.2) is 54.8 Å². The Morgan fingerprint density at radius 2 is 2.19 bits per heavy atom. The molecular formula is C19H24N4O3. The van der Waals surface area contributed by atoms with Gasteiger partial charge in [-0.25, -0.2) is 4.79 Å². The molecular weight excluding hydrogens is 332 g/mol. The first kappa shape index (κ1) is 18.0. The van der Waals surface area contributed by atoms with Crippen molar-refractivity contribution in [2.24, 2.45) is 0 Å². The average Bonchev–Trinajstić information content (AvgIpc) is 3.18. The number of nitrogens with zero attached hydrogens (tertiary/aromatic N) is 3. The minimum absolute atomic E-state index is 0.0433. The monoisotopic (exact) mass is 356 g/mol. The molecule has 1 fully saturated rings. The van der Waals surface area contributed by atoms with E-state index in [9.17, 15) is 4.79 Å². The first-order chi connectivity index (χ1) is 12.7. The number of nitrogens with one attached hydrogen (secondary N) is 1. The van der Waals surface area contributed by atoms with E-state index in [1.165, 1.54) is 0 Å². The maximum absolute atomic E-state index is 12.4. The van der Waals surface area contributed by atoms with Crippen LogP contribution in [0.4, 0.5) is 4.79 Å². The summed E-state index contributed by atoms with van der Waals surface area (Å²) in [6.45, 7) is 1.94. The molecule has 1 saturated heterocycles. The number of methoxy groups -OCH3 is 2. The van der Waals surface area contributed by atoms with E-state index < -0.39 is 0 Å². The fourth-order valence-electron chi connectivity index (χ4n) is 3.27. The van der Waals surface area contributed by atoms with Gasteiger partial charge < -0.3 is 19.7 Å². The van der Waals surface area contributed by atoms with E-state index in [0.717, 1.165) is 24.2 Å². The molecule has 0 saturated carbocycles. The van der Waals surface area contributed by atoms with E-state index in [1.807, 2.05) is 23.1 Å². The summed E-state index contributed by atoms with van der Waals surface area (Å²) in [6.07, 6.45) is 6.72. The maximum Gasteiger partial charge on any atom is 0.317 e. The van der Waals surface area contributed by atoms with Crippen LogP contribution in [-0.2, 0) is 6.42 Å². The standard InChI is InChI=1S/C19H24N4O3/c1-25-17-5-3-4-14(18(17)26-2)6-8-22-19(24)23-11-7-15(13-23)16-12-20-9-10-21-16/h3-5,9-10,12,15H,6-8,11,13H2,1-2H3,(H,22,24). The molecule has 7 heteroatoms. The van der Waals surface area contributed by atoms with Gasteiger partial charge in [0.2, 0.25) is 0 Å². The van der Waals surface area contributed by atoms with Crippen molar-refractivity contribution in [2.75, 3.05) is 33.9 Å². The molecule has 138 valence electrons. The largest absolute Gasteiger partial charge is 0.493 e. The number of hydrogen-bond donors (Lipinski definition) is 1. The van der Waals surface area contributed by atoms with Crippen molar-refractivity contribution in [2.45, 2.75) is 18.8 Å². The molecule has 26 heavy (non-hydrogen) atoms. The lowest BCUT2D eigenvalue weighted by Crippen LogP contribution is -2.39. The summed E-state index contributed by atoms with van der Waals surface area (Å²) < 4.78 is 10.7. The van der Waals surface area contributed by atoms with Crippen LogP contribution in [0.2, 0.25) is 0 Å². The lowest BCUT2D eigenvalue weighted by Gasteiger charge is -2.18. The van der Waals surface area contributed by atoms with Crippen LogP contribution in [0.1, 0.15) is 23.6 Å². The van der Waals surface area contributed by atoms with Crippen LogP contribution < -0.4 is 14.8 Å². The highest BCUT2D eigenvalue weighted by atomic mass is 16.5. The van der Waals surface area contributed by atoms with Gasteiger partial charge in [-0.15, -0.1) is 0 Å². The lowest BCUT2D eigenvalue weighted by atomic mass is 10.1. The fourth-order valence-corrected chi connectivity index (χ4v) is 3.27. The van der Waals surface area contributed by atoms with Gasteiger partial charge in [0, 0.05) is 44.1 Å². The number of carbonyl (C=O) groups excluding carboxylic acids is 1. The van der Waals surface area contributed by atoms with E-state index in [0.29, 0.717) is 31.0 Å². The summed E-state index contributed by atoms with van der Waals surface area (Å²) in [5.74, 6) is 1.67. The molecule has 7 nitrogen and oxygen atoms in total. The Morgan fingerprint density at radius 3 is 2.92 bits per heavy atom. The molecule has 2 aromatic rings. The van der Waals surface area contributed by atoms with Crippen LogP contribution in [0.5, 0.6) is 11.5 Å². The van der Waals surface area contributed by atoms with Crippen molar-refractivity contribution in [1.29, 1.82) is 0 Å². The smallest absolute Gasteiger partial charge is 0.317 e. The number of amides is 2. The fraction of sp³-hybridized carbons (Fsp3) is 0.421. The molecule has 1 unspecified atom stereocenters. The van der Waals surface area contributed by atoms with Gasteiger partial charge in [0.15, 0.2) is 11.5 Å². The van der Waals surface area contributed by atoms with E-state index in [-0.39, 0.29) is 11.9 Å². The Balaban J connectivity index is 1.51. The zero-order chi connectivity index (χ0) is 18.4. The average molecular weight is 356 g/mol. The van der Waals surface area contributed by atoms with E-state index in [1.54, 1.807) is 32.8 Å². The third-order valence-corrected chi connectivity index (χ3v) is 4.63. The Labute approximate surface area is 153 Å². The van der Waals surface area contributed by atoms with Crippen molar-refractivity contribution >= 4 is 6.03 Å². The maximum atomic E-state index is 12.4. The number of para-hydroxylation sites is 1. The summed E-state index contributed by atoms with van der Waals surface area (Å²) in [4.78, 5) is 22.7. The van der Waals surface area contributed by atoms with Crippen molar-refractivity contribution in [3.05, 3.63) is 48.0 Å². The molecule has 1 aromatic carbocycles. The molecule has 1 N–H and O–H groups in total. The number of carbonyl (C=O) groups is 1. The van der Waals surface area contributed by atoms with Gasteiger partial charge in [-0.2, -0.15) is 0 Å². The van der Waals surface area contributed by atoms with Gasteiger partial charge in [0.1, 0.15) is 0 Å². The van der Waals surface area contributed by atoms with Gasteiger partial charge >= 0.3 is 6.03 Å². The Kier molecular flexibility index (Phi) is 5.88. The number of benzene rings is 1. The zero-order valence-electron chi connectivity index (χ0n) is 15.1. The first-order valence-corrected chi connectivity index (χ1v) is 8.71. The third kappa shape index (κ3) is 4.04. The number of hydrogen-bond acceptors (Lipinski definition) is 5. The number of ether oxygens (including phenoxy) is 2. The van der Waals surface area contributed by atoms with Crippen LogP contribution in [0, 0.1) is 0 Å². The van der Waals surface area contributed by atoms with Crippen LogP contribution in [0.3, 0.4) is 0 Å². The van der Waals surface area contributed by atoms with Crippen molar-refractivity contribution < 1.29 is 14.3 Å². The summed E-state index contributed by atoms with van der Waals surface area (Å²) in [6, 6.07) is 5.72. The summed E-state index contributed by atoms with van der Waals surface area (Å²) in [7, 11) is 3.24. The van der Waals surface area contributed by atoms with Crippen molar-refractivity contribution in [3.8, 4) is 11.5 Å². The second-order valence-corrected chi connectivity index (χ2v) is 6.20. The van der Waals surface area contributed by atoms with E-state index in [4.69, 9.17) is 9.47 Å². The predicted octanol–water partition coefficient (Wildman–Crippen LogP) is 2.24. The highest BCUT2D eigenvalue weighted by molar-refractivity contribution is 5.74. The minimum atomic E-state index is -0.0433. The highest BCUT2D eigenvalue weighted by Gasteiger charge is 2.28. The Hall–Kier alpha value is -2.83. The van der Waals surface area contributed by atoms with Crippen LogP contribution in [0.15, 0.2) is 36.8 Å². The van der Waals surface area contributed by atoms with Gasteiger partial charge in [-0.05, 0) is 24.5 Å². The second-order valence-electron chi connectivity index (χ2n) is 6.20. The SMILES string of the molecule is COc1cccc(CCNC(=O)N2CCC(c3cnccn3)C2)c1OC. The lowest BCUT2D eigenvalue weighted by molar-refractivity contribution is 0.208. The summed E-state index contributed by atoms with van der Waals surface area (Å²) in [5.41, 5.74) is 1.95. The predicted molar refractivity (Wildman–Crippen MR) is 97.6 cm³/mol. The molecule has 1 aromatic heterocycles. The van der Waals surface area contributed by atoms with Crippen molar-refractivity contribution in [3.63, 3.8) is 0 Å².